The Morgan fingerprint density at radius 1 is 0.967 bits per heavy atom. The summed E-state index contributed by atoms with van der Waals surface area (Å²) in [6.07, 6.45) is 5.05. The number of hydrogen-bond donors (Lipinski definition) is 1. The Hall–Kier alpha value is -2.04. The molecule has 1 N–H and O–H groups in total. The first-order valence-electron chi connectivity index (χ1n) is 10.8. The molecule has 1 saturated heterocycles. The van der Waals surface area contributed by atoms with Crippen LogP contribution in [0.2, 0.25) is 0 Å². The van der Waals surface area contributed by atoms with Crippen LogP contribution < -0.4 is 10.1 Å². The molecule has 30 heavy (non-hydrogen) atoms. The molecule has 2 aromatic rings. The number of likely N-dealkylation sites (tertiary alicyclic amines) is 1. The van der Waals surface area contributed by atoms with Crippen molar-refractivity contribution in [1.82, 2.24) is 10.2 Å². The molecule has 1 aliphatic rings. The fourth-order valence-electron chi connectivity index (χ4n) is 4.08. The number of hydrogen-bond acceptors (Lipinski definition) is 3. The van der Waals surface area contributed by atoms with Crippen molar-refractivity contribution in [3.05, 3.63) is 64.7 Å². The van der Waals surface area contributed by atoms with Crippen LogP contribution in [0.5, 0.6) is 5.75 Å². The number of nitrogens with zero attached hydrogens (tertiary/aromatic N) is 1. The lowest BCUT2D eigenvalue weighted by Crippen LogP contribution is -2.40. The number of carbonyl (C=O) groups is 1. The van der Waals surface area contributed by atoms with Crippen LogP contribution in [-0.2, 0) is 4.79 Å². The second kappa shape index (κ2) is 12.0. The zero-order valence-electron chi connectivity index (χ0n) is 18.4. The van der Waals surface area contributed by atoms with Gasteiger partial charge in [-0.2, -0.15) is 0 Å². The summed E-state index contributed by atoms with van der Waals surface area (Å²) in [6.45, 7) is 8.96. The van der Waals surface area contributed by atoms with Crippen molar-refractivity contribution in [2.75, 3.05) is 26.2 Å². The molecule has 5 heteroatoms. The molecule has 4 nitrogen and oxygen atoms in total. The lowest BCUT2D eigenvalue weighted by Gasteiger charge is -2.31. The number of para-hydroxylation sites is 1. The molecule has 164 valence electrons. The van der Waals surface area contributed by atoms with Gasteiger partial charge in [0.15, 0.2) is 6.61 Å². The molecule has 0 bridgehead atoms. The summed E-state index contributed by atoms with van der Waals surface area (Å²) in [5.74, 6) is 0.741. The van der Waals surface area contributed by atoms with E-state index < -0.39 is 0 Å². The van der Waals surface area contributed by atoms with Crippen molar-refractivity contribution >= 4 is 18.3 Å². The SMILES string of the molecule is Cc1ccc(C(CNC(=O)COc2c(C)cccc2C)N2CCCCCC2)cc1.Cl. The van der Waals surface area contributed by atoms with Crippen LogP contribution in [0.15, 0.2) is 42.5 Å². The van der Waals surface area contributed by atoms with Crippen LogP contribution in [0.3, 0.4) is 0 Å². The Morgan fingerprint density at radius 2 is 1.57 bits per heavy atom. The van der Waals surface area contributed by atoms with Gasteiger partial charge in [0.25, 0.3) is 5.91 Å². The van der Waals surface area contributed by atoms with Crippen molar-refractivity contribution in [2.45, 2.75) is 52.5 Å². The first-order valence-corrected chi connectivity index (χ1v) is 10.8. The average molecular weight is 431 g/mol. The number of benzene rings is 2. The van der Waals surface area contributed by atoms with Gasteiger partial charge in [0.1, 0.15) is 5.75 Å². The topological polar surface area (TPSA) is 41.6 Å². The van der Waals surface area contributed by atoms with E-state index in [1.807, 2.05) is 32.0 Å². The van der Waals surface area contributed by atoms with Crippen molar-refractivity contribution in [1.29, 1.82) is 0 Å². The van der Waals surface area contributed by atoms with Gasteiger partial charge >= 0.3 is 0 Å². The van der Waals surface area contributed by atoms with Crippen LogP contribution in [0.1, 0.15) is 54.0 Å². The summed E-state index contributed by atoms with van der Waals surface area (Å²) in [5, 5.41) is 3.12. The molecule has 1 fully saturated rings. The van der Waals surface area contributed by atoms with Gasteiger partial charge in [-0.1, -0.05) is 60.9 Å². The fourth-order valence-corrected chi connectivity index (χ4v) is 4.08. The minimum Gasteiger partial charge on any atom is -0.483 e. The van der Waals surface area contributed by atoms with Crippen molar-refractivity contribution < 1.29 is 9.53 Å². The normalized spacial score (nSPS) is 15.6. The molecule has 1 amide bonds. The summed E-state index contributed by atoms with van der Waals surface area (Å²) >= 11 is 0. The maximum absolute atomic E-state index is 12.5. The van der Waals surface area contributed by atoms with E-state index in [4.69, 9.17) is 4.74 Å². The fraction of sp³-hybridized carbons (Fsp3) is 0.480. The van der Waals surface area contributed by atoms with E-state index in [9.17, 15) is 4.79 Å². The summed E-state index contributed by atoms with van der Waals surface area (Å²) in [7, 11) is 0. The van der Waals surface area contributed by atoms with Gasteiger partial charge in [0, 0.05) is 6.54 Å². The minimum atomic E-state index is -0.0698. The van der Waals surface area contributed by atoms with Crippen LogP contribution in [0, 0.1) is 20.8 Å². The van der Waals surface area contributed by atoms with Gasteiger partial charge in [-0.25, -0.2) is 0 Å². The third kappa shape index (κ3) is 6.75. The maximum Gasteiger partial charge on any atom is 0.258 e. The van der Waals surface area contributed by atoms with Crippen molar-refractivity contribution in [3.8, 4) is 5.75 Å². The summed E-state index contributed by atoms with van der Waals surface area (Å²) in [6, 6.07) is 14.9. The Balaban J connectivity index is 0.00000320. The predicted molar refractivity (Wildman–Crippen MR) is 126 cm³/mol. The van der Waals surface area contributed by atoms with Crippen molar-refractivity contribution in [3.63, 3.8) is 0 Å². The number of amides is 1. The lowest BCUT2D eigenvalue weighted by atomic mass is 10.0. The molecule has 1 aliphatic heterocycles. The Labute approximate surface area is 187 Å². The smallest absolute Gasteiger partial charge is 0.258 e. The van der Waals surface area contributed by atoms with Crippen LogP contribution in [0.4, 0.5) is 0 Å². The summed E-state index contributed by atoms with van der Waals surface area (Å²) in [5.41, 5.74) is 4.64. The Bertz CT molecular complexity index is 779. The number of nitrogens with one attached hydrogen (secondary N) is 1. The molecule has 1 unspecified atom stereocenters. The van der Waals surface area contributed by atoms with E-state index in [-0.39, 0.29) is 31.0 Å². The molecule has 1 atom stereocenters. The monoisotopic (exact) mass is 430 g/mol. The minimum absolute atomic E-state index is 0. The molecule has 3 rings (SSSR count). The van der Waals surface area contributed by atoms with Gasteiger partial charge in [0.2, 0.25) is 0 Å². The Kier molecular flexibility index (Phi) is 9.67. The molecule has 2 aromatic carbocycles. The van der Waals surface area contributed by atoms with Gasteiger partial charge in [-0.05, 0) is 63.4 Å². The quantitative estimate of drug-likeness (QED) is 0.660. The third-order valence-electron chi connectivity index (χ3n) is 5.79. The van der Waals surface area contributed by atoms with Crippen LogP contribution in [-0.4, -0.2) is 37.0 Å². The molecule has 0 radical (unpaired) electrons. The zero-order valence-corrected chi connectivity index (χ0v) is 19.3. The number of halogens is 1. The molecule has 0 aliphatic carbocycles. The second-order valence-corrected chi connectivity index (χ2v) is 8.19. The number of carbonyl (C=O) groups excluding carboxylic acids is 1. The highest BCUT2D eigenvalue weighted by atomic mass is 35.5. The van der Waals surface area contributed by atoms with Gasteiger partial charge in [0.05, 0.1) is 6.04 Å². The highest BCUT2D eigenvalue weighted by molar-refractivity contribution is 5.85. The number of aryl methyl sites for hydroxylation is 3. The van der Waals surface area contributed by atoms with Gasteiger partial charge in [-0.3, -0.25) is 9.69 Å². The van der Waals surface area contributed by atoms with Crippen molar-refractivity contribution in [2.24, 2.45) is 0 Å². The van der Waals surface area contributed by atoms with E-state index in [2.05, 4.69) is 41.4 Å². The average Bonchev–Trinajstić information content (AvgIpc) is 2.98. The molecule has 0 aromatic heterocycles. The molecule has 0 saturated carbocycles. The molecular formula is C25H35ClN2O2. The van der Waals surface area contributed by atoms with Crippen LogP contribution in [0.25, 0.3) is 0 Å². The standard InChI is InChI=1S/C25H34N2O2.ClH/c1-19-11-13-22(14-12-19)23(27-15-6-4-5-7-16-27)17-26-24(28)18-29-25-20(2)9-8-10-21(25)3;/h8-14,23H,4-7,15-18H2,1-3H3,(H,26,28);1H. The second-order valence-electron chi connectivity index (χ2n) is 8.19. The Morgan fingerprint density at radius 3 is 2.17 bits per heavy atom. The van der Waals surface area contributed by atoms with E-state index in [0.717, 1.165) is 30.0 Å². The third-order valence-corrected chi connectivity index (χ3v) is 5.79. The van der Waals surface area contributed by atoms with Crippen LogP contribution >= 0.6 is 12.4 Å². The lowest BCUT2D eigenvalue weighted by molar-refractivity contribution is -0.123. The van der Waals surface area contributed by atoms with E-state index >= 15 is 0 Å². The number of ether oxygens (including phenoxy) is 1. The number of rotatable bonds is 7. The highest BCUT2D eigenvalue weighted by Crippen LogP contribution is 2.25. The van der Waals surface area contributed by atoms with E-state index in [1.54, 1.807) is 0 Å². The molecule has 1 heterocycles. The summed E-state index contributed by atoms with van der Waals surface area (Å²) in [4.78, 5) is 15.1. The van der Waals surface area contributed by atoms with E-state index in [0.29, 0.717) is 6.54 Å². The molecule has 0 spiro atoms. The first-order chi connectivity index (χ1) is 14.0. The largest absolute Gasteiger partial charge is 0.483 e. The zero-order chi connectivity index (χ0) is 20.6. The first kappa shape index (κ1) is 24.2. The van der Waals surface area contributed by atoms with Gasteiger partial charge < -0.3 is 10.1 Å². The highest BCUT2D eigenvalue weighted by Gasteiger charge is 2.22. The maximum atomic E-state index is 12.5. The summed E-state index contributed by atoms with van der Waals surface area (Å²) < 4.78 is 5.82. The molecular weight excluding hydrogens is 396 g/mol. The van der Waals surface area contributed by atoms with Gasteiger partial charge in [-0.15, -0.1) is 12.4 Å². The predicted octanol–water partition coefficient (Wildman–Crippen LogP) is 5.15. The van der Waals surface area contributed by atoms with E-state index in [1.165, 1.54) is 36.8 Å².